The maximum atomic E-state index is 2.08. The molecule has 0 amide bonds. The van der Waals surface area contributed by atoms with Crippen LogP contribution in [0.1, 0.15) is 0 Å². The van der Waals surface area contributed by atoms with Crippen molar-refractivity contribution in [3.63, 3.8) is 0 Å². The zero-order valence-corrected chi connectivity index (χ0v) is 15.7. The number of anilines is 2. The predicted octanol–water partition coefficient (Wildman–Crippen LogP) is -3.05. The second-order valence-electron chi connectivity index (χ2n) is 4.08. The molecule has 0 atom stereocenters. The Morgan fingerprint density at radius 3 is 0.895 bits per heavy atom. The first-order chi connectivity index (χ1) is 7.61. The van der Waals surface area contributed by atoms with E-state index in [0.29, 0.717) is 0 Å². The zero-order valence-electron chi connectivity index (χ0n) is 11.8. The van der Waals surface area contributed by atoms with Crippen molar-refractivity contribution >= 4 is 11.4 Å². The molecule has 0 fully saturated rings. The summed E-state index contributed by atoms with van der Waals surface area (Å²) in [6.45, 7) is 0. The van der Waals surface area contributed by atoms with Gasteiger partial charge in [-0.05, 0) is 28.2 Å². The van der Waals surface area contributed by atoms with Crippen molar-refractivity contribution < 1.29 is 51.0 Å². The number of hydrogen-bond acceptors (Lipinski definition) is 2. The van der Waals surface area contributed by atoms with Crippen LogP contribution in [-0.4, -0.2) is 28.2 Å². The van der Waals surface area contributed by atoms with Crippen LogP contribution in [0.15, 0.2) is 48.5 Å². The van der Waals surface area contributed by atoms with E-state index in [1.54, 1.807) is 0 Å². The Balaban J connectivity index is -0.000000233. The van der Waals surface area contributed by atoms with Gasteiger partial charge in [-0.3, -0.25) is 0 Å². The molecule has 0 radical (unpaired) electrons. The Morgan fingerprint density at radius 2 is 0.789 bits per heavy atom. The van der Waals surface area contributed by atoms with Gasteiger partial charge < -0.3 is 34.6 Å². The van der Waals surface area contributed by atoms with Crippen LogP contribution in [0.5, 0.6) is 0 Å². The third-order valence-electron chi connectivity index (χ3n) is 2.32. The molecule has 2 aromatic rings. The molecule has 0 saturated heterocycles. The molecule has 19 heavy (non-hydrogen) atoms. The van der Waals surface area contributed by atoms with Crippen molar-refractivity contribution in [2.24, 2.45) is 0 Å². The topological polar surface area (TPSA) is 6.48 Å². The van der Waals surface area contributed by atoms with Crippen LogP contribution in [0.25, 0.3) is 0 Å². The van der Waals surface area contributed by atoms with E-state index in [2.05, 4.69) is 34.1 Å². The first kappa shape index (κ1) is 23.8. The zero-order chi connectivity index (χ0) is 12.0. The van der Waals surface area contributed by atoms with Crippen molar-refractivity contribution in [2.75, 3.05) is 38.0 Å². The number of nitrogens with zero attached hydrogens (tertiary/aromatic N) is 2. The Kier molecular flexibility index (Phi) is 16.0. The van der Waals surface area contributed by atoms with Gasteiger partial charge in [0.05, 0.1) is 0 Å². The van der Waals surface area contributed by atoms with Gasteiger partial charge in [0.15, 0.2) is 0 Å². The first-order valence-corrected chi connectivity index (χ1v) is 5.39. The molecule has 0 N–H and O–H groups in total. The Morgan fingerprint density at radius 1 is 0.579 bits per heavy atom. The third kappa shape index (κ3) is 9.32. The number of halogens is 2. The molecule has 0 bridgehead atoms. The minimum atomic E-state index is 0. The predicted molar refractivity (Wildman–Crippen MR) is 72.7 cm³/mol. The first-order valence-electron chi connectivity index (χ1n) is 5.39. The Hall–Kier alpha value is -0.237. The molecule has 0 saturated carbocycles. The standard InChI is InChI=1S/2C7H10N.2ClH.Zr/c2*1-8(2)7-5-3-4-6-7;;;/h2*3-6H,1-2H3;2*1H;/q2*-1;;;+4/p-2. The van der Waals surface area contributed by atoms with Gasteiger partial charge in [-0.2, -0.15) is 24.3 Å². The molecular weight excluding hydrogens is 358 g/mol. The monoisotopic (exact) mass is 376 g/mol. The van der Waals surface area contributed by atoms with E-state index >= 15 is 0 Å². The van der Waals surface area contributed by atoms with Crippen molar-refractivity contribution in [3.8, 4) is 0 Å². The van der Waals surface area contributed by atoms with Gasteiger partial charge in [0.25, 0.3) is 0 Å². The van der Waals surface area contributed by atoms with Crippen LogP contribution in [0.3, 0.4) is 0 Å². The minimum Gasteiger partial charge on any atom is -1.00 e. The summed E-state index contributed by atoms with van der Waals surface area (Å²) >= 11 is 0. The normalized spacial score (nSPS) is 7.79. The van der Waals surface area contributed by atoms with Crippen molar-refractivity contribution in [3.05, 3.63) is 48.5 Å². The van der Waals surface area contributed by atoms with Crippen molar-refractivity contribution in [2.45, 2.75) is 0 Å². The third-order valence-corrected chi connectivity index (χ3v) is 2.32. The maximum Gasteiger partial charge on any atom is 4.00 e. The summed E-state index contributed by atoms with van der Waals surface area (Å²) in [5.74, 6) is 0. The average molecular weight is 378 g/mol. The SMILES string of the molecule is CN(C)[c-]1cccc1.CN(C)[c-]1cccc1.[Cl-].[Cl-].[Zr+4]. The quantitative estimate of drug-likeness (QED) is 0.513. The fraction of sp³-hybridized carbons (Fsp3) is 0.286. The molecule has 2 aromatic carbocycles. The van der Waals surface area contributed by atoms with Crippen LogP contribution in [0.4, 0.5) is 11.4 Å². The molecular formula is C14H20Cl2N2Zr. The number of rotatable bonds is 2. The van der Waals surface area contributed by atoms with E-state index in [9.17, 15) is 0 Å². The average Bonchev–Trinajstić information content (AvgIpc) is 2.93. The van der Waals surface area contributed by atoms with Crippen LogP contribution < -0.4 is 34.6 Å². The Bertz CT molecular complexity index is 332. The van der Waals surface area contributed by atoms with Crippen LogP contribution in [0, 0.1) is 0 Å². The van der Waals surface area contributed by atoms with E-state index in [4.69, 9.17) is 0 Å². The van der Waals surface area contributed by atoms with Crippen LogP contribution in [0.2, 0.25) is 0 Å². The second kappa shape index (κ2) is 12.8. The molecule has 5 heteroatoms. The molecule has 2 nitrogen and oxygen atoms in total. The van der Waals surface area contributed by atoms with E-state index in [0.717, 1.165) is 0 Å². The van der Waals surface area contributed by atoms with E-state index in [1.165, 1.54) is 11.4 Å². The van der Waals surface area contributed by atoms with E-state index in [1.807, 2.05) is 52.5 Å². The fourth-order valence-electron chi connectivity index (χ4n) is 1.32. The van der Waals surface area contributed by atoms with Gasteiger partial charge in [-0.1, -0.05) is 11.4 Å². The van der Waals surface area contributed by atoms with Gasteiger partial charge >= 0.3 is 26.2 Å². The smallest absolute Gasteiger partial charge is 1.00 e. The van der Waals surface area contributed by atoms with Gasteiger partial charge in [0, 0.05) is 0 Å². The minimum absolute atomic E-state index is 0. The van der Waals surface area contributed by atoms with Gasteiger partial charge in [-0.25, -0.2) is 24.3 Å². The molecule has 0 unspecified atom stereocenters. The summed E-state index contributed by atoms with van der Waals surface area (Å²) in [5, 5.41) is 0. The summed E-state index contributed by atoms with van der Waals surface area (Å²) in [5.41, 5.74) is 2.54. The van der Waals surface area contributed by atoms with Crippen LogP contribution >= 0.6 is 0 Å². The van der Waals surface area contributed by atoms with Gasteiger partial charge in [-0.15, -0.1) is 0 Å². The van der Waals surface area contributed by atoms with Gasteiger partial charge in [0.2, 0.25) is 0 Å². The molecule has 0 aliphatic heterocycles. The molecule has 0 aromatic heterocycles. The molecule has 0 heterocycles. The Labute approximate surface area is 148 Å². The molecule has 2 rings (SSSR count). The molecule has 104 valence electrons. The largest absolute Gasteiger partial charge is 4.00 e. The number of hydrogen-bond donors (Lipinski definition) is 0. The molecule has 0 aliphatic rings. The summed E-state index contributed by atoms with van der Waals surface area (Å²) in [6, 6.07) is 16.5. The summed E-state index contributed by atoms with van der Waals surface area (Å²) in [4.78, 5) is 4.17. The van der Waals surface area contributed by atoms with E-state index in [-0.39, 0.29) is 51.0 Å². The van der Waals surface area contributed by atoms with Crippen LogP contribution in [-0.2, 0) is 26.2 Å². The summed E-state index contributed by atoms with van der Waals surface area (Å²) < 4.78 is 0. The maximum absolute atomic E-state index is 2.08. The molecule has 0 aliphatic carbocycles. The summed E-state index contributed by atoms with van der Waals surface area (Å²) in [7, 11) is 8.15. The van der Waals surface area contributed by atoms with Crippen molar-refractivity contribution in [1.29, 1.82) is 0 Å². The van der Waals surface area contributed by atoms with Crippen molar-refractivity contribution in [1.82, 2.24) is 0 Å². The molecule has 0 spiro atoms. The summed E-state index contributed by atoms with van der Waals surface area (Å²) in [6.07, 6.45) is 0. The second-order valence-corrected chi connectivity index (χ2v) is 4.08. The van der Waals surface area contributed by atoms with Gasteiger partial charge in [0.1, 0.15) is 0 Å². The van der Waals surface area contributed by atoms with E-state index < -0.39 is 0 Å². The fourth-order valence-corrected chi connectivity index (χ4v) is 1.32.